The Morgan fingerprint density at radius 1 is 1.32 bits per heavy atom. The lowest BCUT2D eigenvalue weighted by atomic mass is 10.1. The summed E-state index contributed by atoms with van der Waals surface area (Å²) in [4.78, 5) is 4.29. The maximum absolute atomic E-state index is 13.4. The summed E-state index contributed by atoms with van der Waals surface area (Å²) in [5.74, 6) is -0.174. The van der Waals surface area contributed by atoms with E-state index in [0.29, 0.717) is 28.2 Å². The molecule has 0 atom stereocenters. The molecule has 3 rings (SSSR count). The molecule has 3 aromatic rings. The smallest absolute Gasteiger partial charge is 0.229 e. The summed E-state index contributed by atoms with van der Waals surface area (Å²) in [5, 5.41) is 0.0181. The van der Waals surface area contributed by atoms with E-state index in [1.165, 1.54) is 12.1 Å². The summed E-state index contributed by atoms with van der Waals surface area (Å²) in [6.45, 7) is 1.90. The quantitative estimate of drug-likeness (QED) is 0.678. The van der Waals surface area contributed by atoms with Crippen LogP contribution in [0.5, 0.6) is 0 Å². The van der Waals surface area contributed by atoms with Crippen molar-refractivity contribution in [3.8, 4) is 11.5 Å². The number of oxazole rings is 1. The highest BCUT2D eigenvalue weighted by Crippen LogP contribution is 2.31. The van der Waals surface area contributed by atoms with Crippen LogP contribution < -0.4 is 5.73 Å². The zero-order valence-corrected chi connectivity index (χ0v) is 10.8. The Bertz CT molecular complexity index is 743. The predicted molar refractivity (Wildman–Crippen MR) is 73.6 cm³/mol. The molecule has 0 bridgehead atoms. The van der Waals surface area contributed by atoms with E-state index >= 15 is 0 Å². The SMILES string of the molecule is Cc1cccc(-c2nc3cc(Cl)c(F)cc3o2)c1N. The summed E-state index contributed by atoms with van der Waals surface area (Å²) in [7, 11) is 0. The van der Waals surface area contributed by atoms with Crippen molar-refractivity contribution in [3.05, 3.63) is 46.7 Å². The molecule has 0 radical (unpaired) electrons. The van der Waals surface area contributed by atoms with E-state index in [-0.39, 0.29) is 5.02 Å². The number of nitrogen functional groups attached to an aromatic ring is 1. The van der Waals surface area contributed by atoms with Gasteiger partial charge in [0.1, 0.15) is 11.3 Å². The van der Waals surface area contributed by atoms with Gasteiger partial charge in [-0.3, -0.25) is 0 Å². The third-order valence-electron chi connectivity index (χ3n) is 2.99. The lowest BCUT2D eigenvalue weighted by Crippen LogP contribution is -1.93. The zero-order valence-electron chi connectivity index (χ0n) is 10.1. The van der Waals surface area contributed by atoms with Gasteiger partial charge in [0.25, 0.3) is 0 Å². The standard InChI is InChI=1S/C14H10ClFN2O/c1-7-3-2-4-8(13(7)17)14-18-11-5-9(15)10(16)6-12(11)19-14/h2-6H,17H2,1H3. The molecule has 0 fully saturated rings. The van der Waals surface area contributed by atoms with Crippen LogP contribution in [0.25, 0.3) is 22.6 Å². The maximum atomic E-state index is 13.4. The summed E-state index contributed by atoms with van der Waals surface area (Å²) >= 11 is 5.72. The van der Waals surface area contributed by atoms with Crippen molar-refractivity contribution in [1.82, 2.24) is 4.98 Å². The van der Waals surface area contributed by atoms with Crippen molar-refractivity contribution in [2.45, 2.75) is 6.92 Å². The highest BCUT2D eigenvalue weighted by molar-refractivity contribution is 6.31. The van der Waals surface area contributed by atoms with Crippen molar-refractivity contribution in [2.75, 3.05) is 5.73 Å². The fraction of sp³-hybridized carbons (Fsp3) is 0.0714. The minimum absolute atomic E-state index is 0.0181. The third-order valence-corrected chi connectivity index (χ3v) is 3.27. The van der Waals surface area contributed by atoms with Gasteiger partial charge in [0.15, 0.2) is 5.58 Å². The second-order valence-corrected chi connectivity index (χ2v) is 4.70. The lowest BCUT2D eigenvalue weighted by Gasteiger charge is -2.03. The fourth-order valence-corrected chi connectivity index (χ4v) is 2.06. The van der Waals surface area contributed by atoms with Crippen molar-refractivity contribution < 1.29 is 8.81 Å². The minimum Gasteiger partial charge on any atom is -0.436 e. The summed E-state index contributed by atoms with van der Waals surface area (Å²) in [6, 6.07) is 8.23. The second kappa shape index (κ2) is 4.24. The van der Waals surface area contributed by atoms with Crippen LogP contribution in [-0.2, 0) is 0 Å². The molecule has 0 amide bonds. The molecule has 19 heavy (non-hydrogen) atoms. The zero-order chi connectivity index (χ0) is 13.6. The number of nitrogens with zero attached hydrogens (tertiary/aromatic N) is 1. The van der Waals surface area contributed by atoms with Gasteiger partial charge >= 0.3 is 0 Å². The summed E-state index contributed by atoms with van der Waals surface area (Å²) < 4.78 is 18.9. The van der Waals surface area contributed by atoms with Gasteiger partial charge in [0.2, 0.25) is 5.89 Å². The molecule has 5 heteroatoms. The van der Waals surface area contributed by atoms with Crippen molar-refractivity contribution in [3.63, 3.8) is 0 Å². The van der Waals surface area contributed by atoms with E-state index in [4.69, 9.17) is 21.8 Å². The first-order valence-corrected chi connectivity index (χ1v) is 6.05. The number of aryl methyl sites for hydroxylation is 1. The number of nitrogens with two attached hydrogens (primary N) is 1. The molecule has 0 aliphatic heterocycles. The van der Waals surface area contributed by atoms with Gasteiger partial charge in [0.05, 0.1) is 10.6 Å². The van der Waals surface area contributed by atoms with Crippen LogP contribution in [0.2, 0.25) is 5.02 Å². The van der Waals surface area contributed by atoms with E-state index in [0.717, 1.165) is 5.56 Å². The van der Waals surface area contributed by atoms with Crippen LogP contribution in [0.15, 0.2) is 34.7 Å². The van der Waals surface area contributed by atoms with Gasteiger partial charge < -0.3 is 10.2 Å². The number of hydrogen-bond donors (Lipinski definition) is 1. The maximum Gasteiger partial charge on any atom is 0.229 e. The first kappa shape index (κ1) is 12.0. The van der Waals surface area contributed by atoms with E-state index < -0.39 is 5.82 Å². The van der Waals surface area contributed by atoms with Crippen LogP contribution in [0.1, 0.15) is 5.56 Å². The van der Waals surface area contributed by atoms with E-state index in [1.807, 2.05) is 25.1 Å². The highest BCUT2D eigenvalue weighted by atomic mass is 35.5. The van der Waals surface area contributed by atoms with E-state index in [2.05, 4.69) is 4.98 Å². The minimum atomic E-state index is -0.533. The van der Waals surface area contributed by atoms with Gasteiger partial charge in [0, 0.05) is 11.8 Å². The topological polar surface area (TPSA) is 52.0 Å². The van der Waals surface area contributed by atoms with Crippen molar-refractivity contribution in [2.24, 2.45) is 0 Å². The molecule has 0 unspecified atom stereocenters. The molecular weight excluding hydrogens is 267 g/mol. The molecule has 96 valence electrons. The van der Waals surface area contributed by atoms with Crippen LogP contribution >= 0.6 is 11.6 Å². The molecular formula is C14H10ClFN2O. The molecule has 0 saturated heterocycles. The number of para-hydroxylation sites is 1. The number of hydrogen-bond acceptors (Lipinski definition) is 3. The summed E-state index contributed by atoms with van der Waals surface area (Å²) in [6.07, 6.45) is 0. The number of aromatic nitrogens is 1. The number of fused-ring (bicyclic) bond motifs is 1. The Morgan fingerprint density at radius 2 is 2.11 bits per heavy atom. The molecule has 2 N–H and O–H groups in total. The molecule has 0 spiro atoms. The lowest BCUT2D eigenvalue weighted by molar-refractivity contribution is 0.602. The van der Waals surface area contributed by atoms with Crippen LogP contribution in [0.3, 0.4) is 0 Å². The molecule has 2 aromatic carbocycles. The van der Waals surface area contributed by atoms with Crippen molar-refractivity contribution in [1.29, 1.82) is 0 Å². The number of benzene rings is 2. The Hall–Kier alpha value is -2.07. The Labute approximate surface area is 113 Å². The van der Waals surface area contributed by atoms with Gasteiger partial charge in [-0.2, -0.15) is 0 Å². The second-order valence-electron chi connectivity index (χ2n) is 4.29. The molecule has 1 aromatic heterocycles. The average molecular weight is 277 g/mol. The average Bonchev–Trinajstić information content (AvgIpc) is 2.76. The van der Waals surface area contributed by atoms with Crippen LogP contribution in [-0.4, -0.2) is 4.98 Å². The Morgan fingerprint density at radius 3 is 2.89 bits per heavy atom. The molecule has 1 heterocycles. The van der Waals surface area contributed by atoms with Crippen molar-refractivity contribution >= 4 is 28.4 Å². The van der Waals surface area contributed by atoms with Crippen LogP contribution in [0, 0.1) is 12.7 Å². The molecule has 3 nitrogen and oxygen atoms in total. The largest absolute Gasteiger partial charge is 0.436 e. The monoisotopic (exact) mass is 276 g/mol. The first-order chi connectivity index (χ1) is 9.06. The van der Waals surface area contributed by atoms with E-state index in [1.54, 1.807) is 0 Å². The van der Waals surface area contributed by atoms with Gasteiger partial charge in [-0.15, -0.1) is 0 Å². The van der Waals surface area contributed by atoms with Gasteiger partial charge in [-0.1, -0.05) is 23.7 Å². The number of rotatable bonds is 1. The third kappa shape index (κ3) is 1.94. The summed E-state index contributed by atoms with van der Waals surface area (Å²) in [5.41, 5.74) is 9.06. The highest BCUT2D eigenvalue weighted by Gasteiger charge is 2.14. The Kier molecular flexibility index (Phi) is 2.68. The Balaban J connectivity index is 2.23. The molecule has 0 saturated carbocycles. The fourth-order valence-electron chi connectivity index (χ4n) is 1.91. The normalized spacial score (nSPS) is 11.1. The van der Waals surface area contributed by atoms with Crippen LogP contribution in [0.4, 0.5) is 10.1 Å². The van der Waals surface area contributed by atoms with Gasteiger partial charge in [-0.25, -0.2) is 9.37 Å². The molecule has 0 aliphatic rings. The number of halogens is 2. The predicted octanol–water partition coefficient (Wildman–Crippen LogP) is 4.18. The van der Waals surface area contributed by atoms with E-state index in [9.17, 15) is 4.39 Å². The van der Waals surface area contributed by atoms with Gasteiger partial charge in [-0.05, 0) is 24.6 Å². The molecule has 0 aliphatic carbocycles. The first-order valence-electron chi connectivity index (χ1n) is 5.67. The number of anilines is 1.